The molecule has 0 aliphatic rings. The van der Waals surface area contributed by atoms with Gasteiger partial charge < -0.3 is 15.6 Å². The largest absolute Gasteiger partial charge is 1.00 e. The Morgan fingerprint density at radius 3 is 1.28 bits per heavy atom. The smallest absolute Gasteiger partial charge is 0.542 e. The molecular weight excluding hydrogens is 325 g/mol. The number of hydrogen-bond donors (Lipinski definition) is 2. The molecule has 0 unspecified atom stereocenters. The zero-order valence-corrected chi connectivity index (χ0v) is 18.9. The van der Waals surface area contributed by atoms with Crippen molar-refractivity contribution in [3.63, 3.8) is 0 Å². The standard InChI is InChI=1S/C18H35O.C2H5NO2.Na/c1-2-3-4-5-6-7-8-9-10-11-12-13-14-15-16-17-18-19;3-1-2(4)5;/h2-17H2,1H3;1,3H2,(H,4,5);/q-1;;+1. The molecule has 0 saturated heterocycles. The summed E-state index contributed by atoms with van der Waals surface area (Å²) in [5.41, 5.74) is 4.57. The van der Waals surface area contributed by atoms with Gasteiger partial charge in [-0.25, -0.2) is 0 Å². The van der Waals surface area contributed by atoms with Crippen LogP contribution < -0.4 is 35.3 Å². The van der Waals surface area contributed by atoms with Gasteiger partial charge in [-0.3, -0.25) is 11.1 Å². The molecule has 0 spiro atoms. The van der Waals surface area contributed by atoms with Crippen LogP contribution in [0.25, 0.3) is 0 Å². The van der Waals surface area contributed by atoms with E-state index in [9.17, 15) is 9.59 Å². The molecule has 0 radical (unpaired) electrons. The number of nitrogens with two attached hydrogens (primary N) is 1. The van der Waals surface area contributed by atoms with Gasteiger partial charge in [-0.1, -0.05) is 103 Å². The van der Waals surface area contributed by atoms with Gasteiger partial charge in [-0.15, -0.1) is 0 Å². The van der Waals surface area contributed by atoms with Crippen molar-refractivity contribution >= 4 is 12.3 Å². The minimum atomic E-state index is -0.968. The maximum atomic E-state index is 10.0. The number of hydrogen-bond acceptors (Lipinski definition) is 3. The fourth-order valence-electron chi connectivity index (χ4n) is 2.57. The molecule has 4 nitrogen and oxygen atoms in total. The molecule has 3 N–H and O–H groups in total. The van der Waals surface area contributed by atoms with Crippen molar-refractivity contribution in [2.45, 2.75) is 110 Å². The monoisotopic (exact) mass is 365 g/mol. The number of carbonyl (C=O) groups excluding carboxylic acids is 1. The van der Waals surface area contributed by atoms with Gasteiger partial charge in [0.05, 0.1) is 6.54 Å². The van der Waals surface area contributed by atoms with Gasteiger partial charge in [-0.2, -0.15) is 6.42 Å². The molecule has 0 heterocycles. The summed E-state index contributed by atoms with van der Waals surface area (Å²) in [6.07, 6.45) is 23.2. The van der Waals surface area contributed by atoms with Gasteiger partial charge >= 0.3 is 35.5 Å². The van der Waals surface area contributed by atoms with Crippen molar-refractivity contribution in [3.05, 3.63) is 0 Å². The third-order valence-corrected chi connectivity index (χ3v) is 4.06. The summed E-state index contributed by atoms with van der Waals surface area (Å²) < 4.78 is 0. The molecule has 0 aromatic carbocycles. The van der Waals surface area contributed by atoms with Crippen molar-refractivity contribution in [1.82, 2.24) is 0 Å². The van der Waals surface area contributed by atoms with Crippen LogP contribution in [0.3, 0.4) is 0 Å². The minimum Gasteiger partial charge on any atom is -0.542 e. The average Bonchev–Trinajstić information content (AvgIpc) is 2.59. The average molecular weight is 366 g/mol. The second kappa shape index (κ2) is 28.9. The van der Waals surface area contributed by atoms with Gasteiger partial charge in [0.15, 0.2) is 0 Å². The number of aliphatic carboxylic acids is 1. The molecule has 0 aromatic rings. The molecule has 0 aliphatic carbocycles. The summed E-state index contributed by atoms with van der Waals surface area (Å²) in [7, 11) is 0. The van der Waals surface area contributed by atoms with E-state index in [1.165, 1.54) is 89.9 Å². The van der Waals surface area contributed by atoms with Crippen LogP contribution in [0.2, 0.25) is 0 Å². The van der Waals surface area contributed by atoms with Crippen LogP contribution in [0.5, 0.6) is 0 Å². The van der Waals surface area contributed by atoms with Crippen LogP contribution in [0.15, 0.2) is 0 Å². The Morgan fingerprint density at radius 2 is 1.04 bits per heavy atom. The summed E-state index contributed by atoms with van der Waals surface area (Å²) in [5.74, 6) is -0.968. The molecule has 0 rings (SSSR count). The van der Waals surface area contributed by atoms with Crippen LogP contribution in [0, 0.1) is 0 Å². The molecular formula is C20H40NNaO3. The predicted molar refractivity (Wildman–Crippen MR) is 102 cm³/mol. The Kier molecular flexibility index (Phi) is 34.5. The molecule has 144 valence electrons. The Labute approximate surface area is 178 Å². The predicted octanol–water partition coefficient (Wildman–Crippen LogP) is 2.39. The van der Waals surface area contributed by atoms with Gasteiger partial charge in [0.2, 0.25) is 0 Å². The quantitative estimate of drug-likeness (QED) is 0.236. The first kappa shape index (κ1) is 29.8. The van der Waals surface area contributed by atoms with Crippen molar-refractivity contribution in [3.8, 4) is 0 Å². The minimum absolute atomic E-state index is 0. The van der Waals surface area contributed by atoms with Gasteiger partial charge in [0, 0.05) is 0 Å². The van der Waals surface area contributed by atoms with Crippen LogP contribution in [0.1, 0.15) is 110 Å². The molecule has 0 fully saturated rings. The molecule has 25 heavy (non-hydrogen) atoms. The molecule has 0 aromatic heterocycles. The van der Waals surface area contributed by atoms with E-state index in [2.05, 4.69) is 12.7 Å². The zero-order valence-electron chi connectivity index (χ0n) is 16.9. The maximum absolute atomic E-state index is 10.0. The maximum Gasteiger partial charge on any atom is 1.00 e. The summed E-state index contributed by atoms with van der Waals surface area (Å²) in [6.45, 7) is 2.00. The molecule has 5 heteroatoms. The van der Waals surface area contributed by atoms with Gasteiger partial charge in [0.1, 0.15) is 0 Å². The van der Waals surface area contributed by atoms with Crippen molar-refractivity contribution in [1.29, 1.82) is 0 Å². The van der Waals surface area contributed by atoms with E-state index in [0.717, 1.165) is 6.42 Å². The summed E-state index contributed by atoms with van der Waals surface area (Å²) in [6, 6.07) is 0. The summed E-state index contributed by atoms with van der Waals surface area (Å²) in [4.78, 5) is 19.3. The Morgan fingerprint density at radius 1 is 0.760 bits per heavy atom. The first-order chi connectivity index (χ1) is 11.7. The summed E-state index contributed by atoms with van der Waals surface area (Å²) >= 11 is 0. The number of unbranched alkanes of at least 4 members (excludes halogenated alkanes) is 15. The second-order valence-electron chi connectivity index (χ2n) is 6.44. The van der Waals surface area contributed by atoms with Crippen molar-refractivity contribution in [2.24, 2.45) is 5.73 Å². The second-order valence-corrected chi connectivity index (χ2v) is 6.44. The van der Waals surface area contributed by atoms with Gasteiger partial charge in [0.25, 0.3) is 0 Å². The fraction of sp³-hybridized carbons (Fsp3) is 0.900. The third kappa shape index (κ3) is 35.9. The van der Waals surface area contributed by atoms with Crippen LogP contribution in [-0.2, 0) is 9.59 Å². The number of carbonyl (C=O) groups is 1. The normalized spacial score (nSPS) is 9.68. The van der Waals surface area contributed by atoms with Crippen molar-refractivity contribution in [2.75, 3.05) is 6.54 Å². The first-order valence-corrected chi connectivity index (χ1v) is 9.95. The number of carboxylic acid groups (broad SMARTS) is 1. The van der Waals surface area contributed by atoms with E-state index < -0.39 is 5.97 Å². The van der Waals surface area contributed by atoms with E-state index in [1.807, 2.05) is 6.29 Å². The van der Waals surface area contributed by atoms with E-state index in [-0.39, 0.29) is 36.1 Å². The molecule has 0 aliphatic heterocycles. The Balaban J connectivity index is -0.000000704. The van der Waals surface area contributed by atoms with E-state index in [0.29, 0.717) is 6.42 Å². The van der Waals surface area contributed by atoms with Crippen LogP contribution in [-0.4, -0.2) is 23.9 Å². The van der Waals surface area contributed by atoms with E-state index in [4.69, 9.17) is 5.11 Å². The molecule has 0 atom stereocenters. The molecule has 0 amide bonds. The van der Waals surface area contributed by atoms with Crippen LogP contribution in [0.4, 0.5) is 0 Å². The zero-order chi connectivity index (χ0) is 18.3. The fourth-order valence-corrected chi connectivity index (χ4v) is 2.57. The van der Waals surface area contributed by atoms with E-state index in [1.54, 1.807) is 0 Å². The number of carboxylic acids is 1. The SMILES string of the molecule is CCCCCCCCCCCCCCCCC[C-]=O.NCC(=O)O.[Na+]. The van der Waals surface area contributed by atoms with Gasteiger partial charge in [-0.05, 0) is 0 Å². The first-order valence-electron chi connectivity index (χ1n) is 9.95. The number of rotatable bonds is 17. The Hall–Kier alpha value is 0.100. The van der Waals surface area contributed by atoms with Crippen LogP contribution >= 0.6 is 0 Å². The molecule has 0 saturated carbocycles. The molecule has 0 bridgehead atoms. The van der Waals surface area contributed by atoms with E-state index >= 15 is 0 Å². The topological polar surface area (TPSA) is 80.4 Å². The van der Waals surface area contributed by atoms with Crippen molar-refractivity contribution < 1.29 is 44.3 Å². The summed E-state index contributed by atoms with van der Waals surface area (Å²) in [5, 5.41) is 7.60. The Bertz CT molecular complexity index is 263. The third-order valence-electron chi connectivity index (χ3n) is 4.06.